The lowest BCUT2D eigenvalue weighted by Gasteiger charge is -2.42. The minimum atomic E-state index is -3.63. The number of halogens is 1. The standard InChI is InChI=1S/C31H41ClN8O5S/c1-37-13-15-40(16-14-37)21-9-11-39(12-10-21)22-5-6-24(27(19-22)43-3)35-31-33-20-23(32)30(36-31)34-25-7-8-26-29(45-18-17-44-26)28(25)38(2)46(4,41)42/h5-8,19-21H,9-18H2,1-4H3,(H2,33,34,35,36). The smallest absolute Gasteiger partial charge is 0.232 e. The van der Waals surface area contributed by atoms with E-state index in [1.807, 2.05) is 12.1 Å². The first kappa shape index (κ1) is 32.2. The fourth-order valence-corrected chi connectivity index (χ4v) is 6.75. The third-order valence-corrected chi connectivity index (χ3v) is 10.3. The Morgan fingerprint density at radius 1 is 1.00 bits per heavy atom. The Hall–Kier alpha value is -3.72. The zero-order valence-corrected chi connectivity index (χ0v) is 28.2. The number of aromatic nitrogens is 2. The lowest BCUT2D eigenvalue weighted by atomic mass is 10.0. The van der Waals surface area contributed by atoms with Crippen molar-refractivity contribution >= 4 is 56.1 Å². The fourth-order valence-electron chi connectivity index (χ4n) is 6.10. The maximum Gasteiger partial charge on any atom is 0.232 e. The predicted octanol–water partition coefficient (Wildman–Crippen LogP) is 4.01. The van der Waals surface area contributed by atoms with Gasteiger partial charge in [-0.1, -0.05) is 11.6 Å². The van der Waals surface area contributed by atoms with Crippen LogP contribution in [0.3, 0.4) is 0 Å². The number of sulfonamides is 1. The molecule has 0 atom stereocenters. The molecular formula is C31H41ClN8O5S. The van der Waals surface area contributed by atoms with Crippen LogP contribution in [0.15, 0.2) is 36.5 Å². The topological polar surface area (TPSA) is 125 Å². The molecule has 2 saturated heterocycles. The molecule has 2 fully saturated rings. The van der Waals surface area contributed by atoms with Crippen molar-refractivity contribution < 1.29 is 22.6 Å². The number of piperazine rings is 1. The molecule has 0 spiro atoms. The van der Waals surface area contributed by atoms with E-state index in [1.165, 1.54) is 13.2 Å². The van der Waals surface area contributed by atoms with Crippen LogP contribution in [-0.4, -0.2) is 114 Å². The lowest BCUT2D eigenvalue weighted by molar-refractivity contribution is 0.0982. The lowest BCUT2D eigenvalue weighted by Crippen LogP contribution is -2.52. The van der Waals surface area contributed by atoms with Crippen molar-refractivity contribution in [1.82, 2.24) is 19.8 Å². The molecule has 0 bridgehead atoms. The van der Waals surface area contributed by atoms with Gasteiger partial charge >= 0.3 is 0 Å². The van der Waals surface area contributed by atoms with Gasteiger partial charge in [-0.25, -0.2) is 13.4 Å². The number of methoxy groups -OCH3 is 1. The number of rotatable bonds is 9. The Balaban J connectivity index is 1.18. The van der Waals surface area contributed by atoms with E-state index in [2.05, 4.69) is 48.4 Å². The molecule has 0 saturated carbocycles. The molecule has 3 aliphatic rings. The van der Waals surface area contributed by atoms with Gasteiger partial charge in [0, 0.05) is 64.1 Å². The van der Waals surface area contributed by atoms with Crippen molar-refractivity contribution in [2.45, 2.75) is 18.9 Å². The van der Waals surface area contributed by atoms with E-state index in [-0.39, 0.29) is 22.5 Å². The highest BCUT2D eigenvalue weighted by atomic mass is 35.5. The van der Waals surface area contributed by atoms with Gasteiger partial charge < -0.3 is 34.6 Å². The van der Waals surface area contributed by atoms with Crippen molar-refractivity contribution in [1.29, 1.82) is 0 Å². The summed E-state index contributed by atoms with van der Waals surface area (Å²) in [6.45, 7) is 7.23. The molecule has 248 valence electrons. The average Bonchev–Trinajstić information content (AvgIpc) is 3.06. The van der Waals surface area contributed by atoms with Crippen molar-refractivity contribution in [2.24, 2.45) is 0 Å². The van der Waals surface area contributed by atoms with E-state index in [4.69, 9.17) is 25.8 Å². The molecule has 46 heavy (non-hydrogen) atoms. The van der Waals surface area contributed by atoms with E-state index >= 15 is 0 Å². The molecule has 3 aliphatic heterocycles. The van der Waals surface area contributed by atoms with Crippen LogP contribution in [0.25, 0.3) is 0 Å². The first-order valence-corrected chi connectivity index (χ1v) is 17.6. The molecule has 0 amide bonds. The molecule has 0 unspecified atom stereocenters. The fraction of sp³-hybridized carbons (Fsp3) is 0.484. The van der Waals surface area contributed by atoms with Crippen LogP contribution in [0.4, 0.5) is 34.5 Å². The molecule has 0 aliphatic carbocycles. The number of nitrogens with one attached hydrogen (secondary N) is 2. The van der Waals surface area contributed by atoms with Gasteiger partial charge in [0.05, 0.1) is 30.9 Å². The van der Waals surface area contributed by atoms with Gasteiger partial charge in [0.1, 0.15) is 29.7 Å². The van der Waals surface area contributed by atoms with E-state index in [1.54, 1.807) is 19.2 Å². The molecule has 15 heteroatoms. The maximum absolute atomic E-state index is 12.5. The van der Waals surface area contributed by atoms with Gasteiger partial charge in [0.2, 0.25) is 16.0 Å². The van der Waals surface area contributed by atoms with Gasteiger partial charge in [-0.3, -0.25) is 9.21 Å². The monoisotopic (exact) mass is 672 g/mol. The van der Waals surface area contributed by atoms with E-state index < -0.39 is 10.0 Å². The van der Waals surface area contributed by atoms with Crippen LogP contribution in [0, 0.1) is 0 Å². The number of anilines is 6. The summed E-state index contributed by atoms with van der Waals surface area (Å²) >= 11 is 6.51. The number of likely N-dealkylation sites (N-methyl/N-ethyl adjacent to an activating group) is 1. The molecular weight excluding hydrogens is 632 g/mol. The number of benzene rings is 2. The Bertz CT molecular complexity index is 1660. The molecule has 2 N–H and O–H groups in total. The van der Waals surface area contributed by atoms with E-state index in [0.717, 1.165) is 68.4 Å². The second kappa shape index (κ2) is 13.6. The van der Waals surface area contributed by atoms with Crippen LogP contribution < -0.4 is 34.0 Å². The van der Waals surface area contributed by atoms with Crippen LogP contribution in [0.1, 0.15) is 12.8 Å². The highest BCUT2D eigenvalue weighted by Gasteiger charge is 2.28. The van der Waals surface area contributed by atoms with Crippen molar-refractivity contribution in [3.63, 3.8) is 0 Å². The van der Waals surface area contributed by atoms with Crippen LogP contribution in [0.5, 0.6) is 17.2 Å². The highest BCUT2D eigenvalue weighted by Crippen LogP contribution is 2.46. The highest BCUT2D eigenvalue weighted by molar-refractivity contribution is 7.92. The predicted molar refractivity (Wildman–Crippen MR) is 182 cm³/mol. The maximum atomic E-state index is 12.5. The normalized spacial score (nSPS) is 17.9. The van der Waals surface area contributed by atoms with Crippen LogP contribution >= 0.6 is 11.6 Å². The number of fused-ring (bicyclic) bond motifs is 1. The summed E-state index contributed by atoms with van der Waals surface area (Å²) in [5.41, 5.74) is 2.51. The molecule has 13 nitrogen and oxygen atoms in total. The van der Waals surface area contributed by atoms with Crippen molar-refractivity contribution in [3.8, 4) is 17.2 Å². The second-order valence-electron chi connectivity index (χ2n) is 11.8. The number of piperidine rings is 1. The van der Waals surface area contributed by atoms with Crippen molar-refractivity contribution in [3.05, 3.63) is 41.6 Å². The first-order chi connectivity index (χ1) is 22.1. The molecule has 6 rings (SSSR count). The van der Waals surface area contributed by atoms with Gasteiger partial charge in [0.15, 0.2) is 17.3 Å². The van der Waals surface area contributed by atoms with Crippen molar-refractivity contribution in [2.75, 3.05) is 99.8 Å². The molecule has 3 aromatic rings. The third kappa shape index (κ3) is 6.99. The summed E-state index contributed by atoms with van der Waals surface area (Å²) in [5, 5.41) is 6.66. The minimum Gasteiger partial charge on any atom is -0.494 e. The van der Waals surface area contributed by atoms with Crippen LogP contribution in [0.2, 0.25) is 5.02 Å². The summed E-state index contributed by atoms with van der Waals surface area (Å²) in [6.07, 6.45) is 4.88. The number of ether oxygens (including phenoxy) is 3. The molecule has 4 heterocycles. The van der Waals surface area contributed by atoms with E-state index in [0.29, 0.717) is 47.9 Å². The summed E-state index contributed by atoms with van der Waals surface area (Å²) in [6, 6.07) is 10.1. The molecule has 2 aromatic carbocycles. The number of hydrogen-bond donors (Lipinski definition) is 2. The summed E-state index contributed by atoms with van der Waals surface area (Å²) in [7, 11) is 1.65. The average molecular weight is 673 g/mol. The van der Waals surface area contributed by atoms with Gasteiger partial charge in [-0.05, 0) is 44.2 Å². The summed E-state index contributed by atoms with van der Waals surface area (Å²) in [5.74, 6) is 1.99. The summed E-state index contributed by atoms with van der Waals surface area (Å²) < 4.78 is 43.5. The van der Waals surface area contributed by atoms with Gasteiger partial charge in [-0.2, -0.15) is 4.98 Å². The van der Waals surface area contributed by atoms with Gasteiger partial charge in [0.25, 0.3) is 0 Å². The SMILES string of the molecule is COc1cc(N2CCC(N3CCN(C)CC3)CC2)ccc1Nc1ncc(Cl)c(Nc2ccc3c(c2N(C)S(C)(=O)=O)OCCO3)n1. The third-order valence-electron chi connectivity index (χ3n) is 8.81. The number of nitrogens with zero attached hydrogens (tertiary/aromatic N) is 6. The molecule has 1 aromatic heterocycles. The largest absolute Gasteiger partial charge is 0.494 e. The Kier molecular flexibility index (Phi) is 9.50. The Morgan fingerprint density at radius 3 is 2.43 bits per heavy atom. The molecule has 0 radical (unpaired) electrons. The Morgan fingerprint density at radius 2 is 1.72 bits per heavy atom. The first-order valence-electron chi connectivity index (χ1n) is 15.4. The van der Waals surface area contributed by atoms with E-state index in [9.17, 15) is 8.42 Å². The second-order valence-corrected chi connectivity index (χ2v) is 14.2. The quantitative estimate of drug-likeness (QED) is 0.341. The minimum absolute atomic E-state index is 0.246. The zero-order chi connectivity index (χ0) is 32.4. The summed E-state index contributed by atoms with van der Waals surface area (Å²) in [4.78, 5) is 16.4. The number of hydrogen-bond acceptors (Lipinski definition) is 12. The van der Waals surface area contributed by atoms with Gasteiger partial charge in [-0.15, -0.1) is 0 Å². The Labute approximate surface area is 275 Å². The van der Waals surface area contributed by atoms with Crippen LogP contribution in [-0.2, 0) is 10.0 Å². The zero-order valence-electron chi connectivity index (χ0n) is 26.6.